The van der Waals surface area contributed by atoms with Gasteiger partial charge in [-0.2, -0.15) is 13.2 Å². The van der Waals surface area contributed by atoms with Crippen molar-refractivity contribution in [2.45, 2.75) is 69.8 Å². The molecule has 3 aliphatic heterocycles. The number of hydroxylamine groups is 2. The van der Waals surface area contributed by atoms with E-state index in [1.807, 2.05) is 58.0 Å². The van der Waals surface area contributed by atoms with Gasteiger partial charge in [-0.05, 0) is 99.6 Å². The van der Waals surface area contributed by atoms with E-state index in [9.17, 15) is 22.8 Å². The number of carbonyl (C=O) groups excluding carboxylic acids is 2. The largest absolute Gasteiger partial charge is 0.426 e. The first-order valence-corrected chi connectivity index (χ1v) is 18.6. The number of imidazole rings is 1. The molecular weight excluding hydrogens is 709 g/mol. The van der Waals surface area contributed by atoms with Crippen molar-refractivity contribution in [1.29, 1.82) is 0 Å². The van der Waals surface area contributed by atoms with Crippen LogP contribution in [0, 0.1) is 0 Å². The molecule has 0 aliphatic carbocycles. The van der Waals surface area contributed by atoms with Crippen molar-refractivity contribution in [1.82, 2.24) is 29.7 Å². The summed E-state index contributed by atoms with van der Waals surface area (Å²) in [5.41, 5.74) is 7.87. The fourth-order valence-electron chi connectivity index (χ4n) is 7.79. The average Bonchev–Trinajstić information content (AvgIpc) is 3.74. The van der Waals surface area contributed by atoms with E-state index in [1.54, 1.807) is 5.06 Å². The van der Waals surface area contributed by atoms with Gasteiger partial charge in [-0.15, -0.1) is 5.06 Å². The molecule has 282 valence electrons. The number of nitrogen functional groups attached to an aromatic ring is 1. The minimum atomic E-state index is -4.72. The molecule has 11 nitrogen and oxygen atoms in total. The number of nitrogens with one attached hydrogen (secondary N) is 2. The number of urea groups is 1. The van der Waals surface area contributed by atoms with Crippen LogP contribution in [0.5, 0.6) is 0 Å². The van der Waals surface area contributed by atoms with Gasteiger partial charge in [-0.25, -0.2) is 14.6 Å². The highest BCUT2D eigenvalue weighted by Crippen LogP contribution is 2.39. The van der Waals surface area contributed by atoms with Crippen LogP contribution in [0.15, 0.2) is 60.7 Å². The molecule has 3 aromatic carbocycles. The van der Waals surface area contributed by atoms with E-state index < -0.39 is 29.6 Å². The molecule has 53 heavy (non-hydrogen) atoms. The number of halogens is 4. The summed E-state index contributed by atoms with van der Waals surface area (Å²) in [6, 6.07) is 16.7. The molecule has 2 fully saturated rings. The normalized spacial score (nSPS) is 18.1. The van der Waals surface area contributed by atoms with Crippen molar-refractivity contribution in [2.75, 3.05) is 50.3 Å². The van der Waals surface area contributed by atoms with Crippen LogP contribution in [0.4, 0.5) is 34.1 Å². The lowest BCUT2D eigenvalue weighted by Crippen LogP contribution is -2.49. The Hall–Kier alpha value is -4.53. The van der Waals surface area contributed by atoms with Crippen LogP contribution < -0.4 is 16.4 Å². The van der Waals surface area contributed by atoms with Gasteiger partial charge in [0.05, 0.1) is 33.3 Å². The molecular formula is C38H44ClF3N8O3. The first kappa shape index (κ1) is 36.8. The Morgan fingerprint density at radius 2 is 1.75 bits per heavy atom. The van der Waals surface area contributed by atoms with Crippen LogP contribution in [0.1, 0.15) is 60.7 Å². The summed E-state index contributed by atoms with van der Waals surface area (Å²) < 4.78 is 44.0. The van der Waals surface area contributed by atoms with Crippen LogP contribution in [0.3, 0.4) is 0 Å². The first-order chi connectivity index (χ1) is 25.5. The fourth-order valence-corrected chi connectivity index (χ4v) is 8.03. The van der Waals surface area contributed by atoms with Crippen molar-refractivity contribution < 1.29 is 27.6 Å². The summed E-state index contributed by atoms with van der Waals surface area (Å²) in [7, 11) is 0. The van der Waals surface area contributed by atoms with Crippen molar-refractivity contribution in [2.24, 2.45) is 0 Å². The number of nitrogens with two attached hydrogens (primary N) is 1. The first-order valence-electron chi connectivity index (χ1n) is 18.2. The highest BCUT2D eigenvalue weighted by molar-refractivity contribution is 6.33. The highest BCUT2D eigenvalue weighted by atomic mass is 35.5. The number of fused-ring (bicyclic) bond motifs is 2. The molecule has 0 saturated carbocycles. The van der Waals surface area contributed by atoms with Crippen molar-refractivity contribution in [3.8, 4) is 0 Å². The highest BCUT2D eigenvalue weighted by Gasteiger charge is 2.36. The zero-order valence-corrected chi connectivity index (χ0v) is 30.1. The van der Waals surface area contributed by atoms with Gasteiger partial charge >= 0.3 is 18.3 Å². The summed E-state index contributed by atoms with van der Waals surface area (Å²) >= 11 is 6.23. The van der Waals surface area contributed by atoms with E-state index in [4.69, 9.17) is 27.2 Å². The van der Waals surface area contributed by atoms with Gasteiger partial charge in [0.25, 0.3) is 0 Å². The fraction of sp³-hybridized carbons (Fsp3) is 0.447. The molecule has 15 heteroatoms. The van der Waals surface area contributed by atoms with Crippen molar-refractivity contribution in [3.05, 3.63) is 88.2 Å². The van der Waals surface area contributed by atoms with Gasteiger partial charge in [-0.1, -0.05) is 41.9 Å². The summed E-state index contributed by atoms with van der Waals surface area (Å²) in [5, 5.41) is 7.29. The van der Waals surface area contributed by atoms with Gasteiger partial charge in [-0.3, -0.25) is 0 Å². The Balaban J connectivity index is 1.08. The van der Waals surface area contributed by atoms with Crippen molar-refractivity contribution >= 4 is 46.1 Å². The zero-order valence-electron chi connectivity index (χ0n) is 29.4. The van der Waals surface area contributed by atoms with Crippen LogP contribution in [0.2, 0.25) is 5.02 Å². The molecule has 2 saturated heterocycles. The van der Waals surface area contributed by atoms with Gasteiger partial charge < -0.3 is 35.6 Å². The number of rotatable bonds is 10. The standard InChI is InChI=1S/C38H44ClF3N8O3/c39-29-23-25(22-28(34(29)43)38(40,41)42)24-32(35-44-31-10-3-4-11-33(31)50(35)18-7-17-47-15-5-6-16-47)46-37(52)53-48-19-13-27(14-20-48)49-21-12-26-8-1-2-9-30(26)45-36(49)51/h1-4,8-11,22-23,27,32H,5-7,12-21,24,43H2,(H,45,51)(H,46,52). The maximum atomic E-state index is 14.0. The number of carbonyl (C=O) groups is 2. The van der Waals surface area contributed by atoms with E-state index in [1.165, 1.54) is 18.9 Å². The van der Waals surface area contributed by atoms with E-state index in [2.05, 4.69) is 15.5 Å². The summed E-state index contributed by atoms with van der Waals surface area (Å²) in [4.78, 5) is 41.7. The molecule has 0 bridgehead atoms. The topological polar surface area (TPSA) is 121 Å². The summed E-state index contributed by atoms with van der Waals surface area (Å²) in [5.74, 6) is 0.498. The van der Waals surface area contributed by atoms with Gasteiger partial charge in [0.2, 0.25) is 0 Å². The Bertz CT molecular complexity index is 1940. The number of hydrogen-bond donors (Lipinski definition) is 3. The number of anilines is 2. The summed E-state index contributed by atoms with van der Waals surface area (Å²) in [6.45, 7) is 5.00. The maximum Gasteiger partial charge on any atom is 0.426 e. The van der Waals surface area contributed by atoms with E-state index in [0.29, 0.717) is 50.4 Å². The third-order valence-corrected chi connectivity index (χ3v) is 10.8. The van der Waals surface area contributed by atoms with Gasteiger partial charge in [0, 0.05) is 44.3 Å². The molecule has 0 radical (unpaired) electrons. The lowest BCUT2D eigenvalue weighted by Gasteiger charge is -2.37. The number of likely N-dealkylation sites (tertiary alicyclic amines) is 1. The number of piperidine rings is 1. The Kier molecular flexibility index (Phi) is 11.0. The number of nitrogens with zero attached hydrogens (tertiary/aromatic N) is 5. The number of aryl methyl sites for hydroxylation is 1. The molecule has 3 amide bonds. The minimum absolute atomic E-state index is 0.0291. The molecule has 1 aromatic heterocycles. The Labute approximate surface area is 311 Å². The Morgan fingerprint density at radius 3 is 2.53 bits per heavy atom. The molecule has 3 aliphatic rings. The SMILES string of the molecule is Nc1c(Cl)cc(CC(NC(=O)ON2CCC(N3CCc4ccccc4NC3=O)CC2)c2nc3ccccc3n2CCCN2CCCC2)cc1C(F)(F)F. The van der Waals surface area contributed by atoms with Gasteiger partial charge in [0.15, 0.2) is 0 Å². The van der Waals surface area contributed by atoms with E-state index in [-0.39, 0.29) is 29.1 Å². The third kappa shape index (κ3) is 8.50. The second-order valence-corrected chi connectivity index (χ2v) is 14.4. The zero-order chi connectivity index (χ0) is 37.1. The quantitative estimate of drug-likeness (QED) is 0.146. The monoisotopic (exact) mass is 752 g/mol. The van der Waals surface area contributed by atoms with E-state index in [0.717, 1.165) is 55.3 Å². The predicted octanol–water partition coefficient (Wildman–Crippen LogP) is 7.26. The van der Waals surface area contributed by atoms with E-state index >= 15 is 0 Å². The second kappa shape index (κ2) is 15.8. The van der Waals surface area contributed by atoms with Crippen molar-refractivity contribution in [3.63, 3.8) is 0 Å². The lowest BCUT2D eigenvalue weighted by atomic mass is 10.0. The Morgan fingerprint density at radius 1 is 1.02 bits per heavy atom. The van der Waals surface area contributed by atoms with Crippen LogP contribution >= 0.6 is 11.6 Å². The molecule has 0 spiro atoms. The lowest BCUT2D eigenvalue weighted by molar-refractivity contribution is -0.137. The molecule has 4 N–H and O–H groups in total. The number of hydrogen-bond acceptors (Lipinski definition) is 7. The predicted molar refractivity (Wildman–Crippen MR) is 197 cm³/mol. The number of para-hydroxylation sites is 3. The minimum Gasteiger partial charge on any atom is -0.397 e. The van der Waals surface area contributed by atoms with Crippen LogP contribution in [-0.2, 0) is 30.4 Å². The van der Waals surface area contributed by atoms with Crippen LogP contribution in [0.25, 0.3) is 11.0 Å². The number of amides is 3. The summed E-state index contributed by atoms with van der Waals surface area (Å²) in [6.07, 6.45) is -0.427. The maximum absolute atomic E-state index is 14.0. The molecule has 4 heterocycles. The smallest absolute Gasteiger partial charge is 0.397 e. The second-order valence-electron chi connectivity index (χ2n) is 14.0. The van der Waals surface area contributed by atoms with Crippen LogP contribution in [-0.4, -0.2) is 81.8 Å². The number of benzene rings is 3. The average molecular weight is 753 g/mol. The number of aromatic nitrogens is 2. The molecule has 1 atom stereocenters. The molecule has 7 rings (SSSR count). The third-order valence-electron chi connectivity index (χ3n) is 10.5. The van der Waals surface area contributed by atoms with Gasteiger partial charge in [0.1, 0.15) is 5.82 Å². The molecule has 4 aromatic rings. The number of alkyl halides is 3. The molecule has 1 unspecified atom stereocenters.